The normalized spacial score (nSPS) is 16.3. The highest BCUT2D eigenvalue weighted by molar-refractivity contribution is 5.91. The van der Waals surface area contributed by atoms with Crippen LogP contribution in [0.15, 0.2) is 23.0 Å². The van der Waals surface area contributed by atoms with E-state index in [1.807, 2.05) is 0 Å². The monoisotopic (exact) mass is 264 g/mol. The number of aromatic nitrogens is 1. The largest absolute Gasteiger partial charge is 0.339 e. The summed E-state index contributed by atoms with van der Waals surface area (Å²) in [7, 11) is 1.76. The number of pyridine rings is 1. The summed E-state index contributed by atoms with van der Waals surface area (Å²) in [4.78, 5) is 29.8. The molecule has 1 saturated heterocycles. The Morgan fingerprint density at radius 3 is 2.79 bits per heavy atom. The maximum Gasteiger partial charge on any atom is 0.270 e. The first-order valence-electron chi connectivity index (χ1n) is 6.55. The quantitative estimate of drug-likeness (QED) is 0.758. The zero-order valence-corrected chi connectivity index (χ0v) is 11.2. The molecule has 6 heteroatoms. The second-order valence-corrected chi connectivity index (χ2v) is 4.75. The summed E-state index contributed by atoms with van der Waals surface area (Å²) >= 11 is 0. The van der Waals surface area contributed by atoms with E-state index < -0.39 is 0 Å². The fourth-order valence-corrected chi connectivity index (χ4v) is 2.11. The molecule has 2 heterocycles. The molecule has 19 heavy (non-hydrogen) atoms. The summed E-state index contributed by atoms with van der Waals surface area (Å²) in [5.74, 6) is -0.146. The van der Waals surface area contributed by atoms with Crippen LogP contribution in [-0.2, 0) is 0 Å². The number of aromatic amines is 1. The van der Waals surface area contributed by atoms with Crippen LogP contribution in [0.2, 0.25) is 0 Å². The maximum atomic E-state index is 12.1. The lowest BCUT2D eigenvalue weighted by atomic mass is 10.3. The van der Waals surface area contributed by atoms with Crippen molar-refractivity contribution in [1.29, 1.82) is 0 Å². The lowest BCUT2D eigenvalue weighted by molar-refractivity contribution is 0.0769. The van der Waals surface area contributed by atoms with Crippen molar-refractivity contribution in [1.82, 2.24) is 20.1 Å². The van der Waals surface area contributed by atoms with Crippen LogP contribution in [0.5, 0.6) is 0 Å². The van der Waals surface area contributed by atoms with Gasteiger partial charge in [0, 0.05) is 52.4 Å². The van der Waals surface area contributed by atoms with Crippen molar-refractivity contribution < 1.29 is 4.79 Å². The Labute approximate surface area is 112 Å². The van der Waals surface area contributed by atoms with Gasteiger partial charge in [-0.15, -0.1) is 0 Å². The Morgan fingerprint density at radius 2 is 2.11 bits per heavy atom. The van der Waals surface area contributed by atoms with Crippen LogP contribution < -0.4 is 10.9 Å². The number of amides is 1. The molecule has 1 aromatic rings. The summed E-state index contributed by atoms with van der Waals surface area (Å²) in [6.45, 7) is 5.57. The molecule has 1 aromatic heterocycles. The third-order valence-electron chi connectivity index (χ3n) is 3.31. The fraction of sp³-hybridized carbons (Fsp3) is 0.538. The van der Waals surface area contributed by atoms with E-state index >= 15 is 0 Å². The zero-order chi connectivity index (χ0) is 13.7. The number of nitrogens with one attached hydrogen (secondary N) is 2. The van der Waals surface area contributed by atoms with E-state index in [9.17, 15) is 9.59 Å². The highest BCUT2D eigenvalue weighted by Gasteiger charge is 2.14. The van der Waals surface area contributed by atoms with Gasteiger partial charge in [0.1, 0.15) is 5.69 Å². The molecule has 104 valence electrons. The highest BCUT2D eigenvalue weighted by atomic mass is 16.2. The Morgan fingerprint density at radius 1 is 1.37 bits per heavy atom. The number of H-pyrrole nitrogens is 1. The number of hydrogen-bond acceptors (Lipinski definition) is 4. The second-order valence-electron chi connectivity index (χ2n) is 4.75. The van der Waals surface area contributed by atoms with Crippen molar-refractivity contribution in [2.75, 3.05) is 46.3 Å². The molecule has 0 aliphatic carbocycles. The number of likely N-dealkylation sites (N-methyl/N-ethyl adjacent to an activating group) is 1. The molecular weight excluding hydrogens is 244 g/mol. The van der Waals surface area contributed by atoms with Crippen LogP contribution in [0.25, 0.3) is 0 Å². The van der Waals surface area contributed by atoms with Gasteiger partial charge >= 0.3 is 0 Å². The van der Waals surface area contributed by atoms with E-state index in [1.165, 1.54) is 6.07 Å². The van der Waals surface area contributed by atoms with Gasteiger partial charge in [0.05, 0.1) is 0 Å². The average molecular weight is 264 g/mol. The van der Waals surface area contributed by atoms with Gasteiger partial charge in [-0.3, -0.25) is 14.5 Å². The molecule has 0 atom stereocenters. The SMILES string of the molecule is CN(CCN1CCNCC1)C(=O)c1cccc(=O)[nH]1. The molecule has 1 fully saturated rings. The third kappa shape index (κ3) is 3.90. The zero-order valence-electron chi connectivity index (χ0n) is 11.2. The van der Waals surface area contributed by atoms with Crippen LogP contribution in [0.1, 0.15) is 10.5 Å². The Bertz CT molecular complexity index is 480. The molecule has 0 unspecified atom stereocenters. The van der Waals surface area contributed by atoms with Crippen molar-refractivity contribution in [3.05, 3.63) is 34.2 Å². The maximum absolute atomic E-state index is 12.1. The molecular formula is C13H20N4O2. The molecule has 1 amide bonds. The molecule has 1 aliphatic rings. The molecule has 1 aliphatic heterocycles. The van der Waals surface area contributed by atoms with Gasteiger partial charge in [-0.25, -0.2) is 0 Å². The molecule has 0 saturated carbocycles. The summed E-state index contributed by atoms with van der Waals surface area (Å²) < 4.78 is 0. The first-order chi connectivity index (χ1) is 9.16. The Balaban J connectivity index is 1.86. The minimum atomic E-state index is -0.249. The smallest absolute Gasteiger partial charge is 0.270 e. The van der Waals surface area contributed by atoms with Crippen LogP contribution in [0, 0.1) is 0 Å². The lowest BCUT2D eigenvalue weighted by Crippen LogP contribution is -2.46. The van der Waals surface area contributed by atoms with E-state index in [2.05, 4.69) is 15.2 Å². The average Bonchev–Trinajstić information content (AvgIpc) is 2.45. The van der Waals surface area contributed by atoms with Crippen LogP contribution in [0.4, 0.5) is 0 Å². The van der Waals surface area contributed by atoms with Crippen molar-refractivity contribution in [2.24, 2.45) is 0 Å². The van der Waals surface area contributed by atoms with E-state index in [0.717, 1.165) is 32.7 Å². The van der Waals surface area contributed by atoms with E-state index in [4.69, 9.17) is 0 Å². The summed E-state index contributed by atoms with van der Waals surface area (Å²) in [5.41, 5.74) is 0.0941. The number of piperazine rings is 1. The number of carbonyl (C=O) groups excluding carboxylic acids is 1. The predicted octanol–water partition coefficient (Wildman–Crippen LogP) is -0.648. The van der Waals surface area contributed by atoms with Gasteiger partial charge in [0.2, 0.25) is 5.56 Å². The molecule has 0 bridgehead atoms. The second kappa shape index (κ2) is 6.49. The van der Waals surface area contributed by atoms with Gasteiger partial charge in [-0.2, -0.15) is 0 Å². The Hall–Kier alpha value is -1.66. The van der Waals surface area contributed by atoms with E-state index in [-0.39, 0.29) is 11.5 Å². The summed E-state index contributed by atoms with van der Waals surface area (Å²) in [5, 5.41) is 3.30. The first kappa shape index (κ1) is 13.8. The van der Waals surface area contributed by atoms with Crippen molar-refractivity contribution >= 4 is 5.91 Å². The van der Waals surface area contributed by atoms with Crippen molar-refractivity contribution in [3.8, 4) is 0 Å². The minimum Gasteiger partial charge on any atom is -0.339 e. The van der Waals surface area contributed by atoms with Gasteiger partial charge in [0.25, 0.3) is 5.91 Å². The van der Waals surface area contributed by atoms with E-state index in [0.29, 0.717) is 12.2 Å². The van der Waals surface area contributed by atoms with Gasteiger partial charge in [0.15, 0.2) is 0 Å². The third-order valence-corrected chi connectivity index (χ3v) is 3.31. The first-order valence-corrected chi connectivity index (χ1v) is 6.55. The van der Waals surface area contributed by atoms with Crippen LogP contribution in [-0.4, -0.2) is 67.0 Å². The lowest BCUT2D eigenvalue weighted by Gasteiger charge is -2.29. The molecule has 0 aromatic carbocycles. The summed E-state index contributed by atoms with van der Waals surface area (Å²) in [6.07, 6.45) is 0. The summed E-state index contributed by atoms with van der Waals surface area (Å²) in [6, 6.07) is 4.62. The molecule has 0 radical (unpaired) electrons. The number of carbonyl (C=O) groups is 1. The Kier molecular flexibility index (Phi) is 4.70. The van der Waals surface area contributed by atoms with Crippen molar-refractivity contribution in [3.63, 3.8) is 0 Å². The van der Waals surface area contributed by atoms with Crippen molar-refractivity contribution in [2.45, 2.75) is 0 Å². The predicted molar refractivity (Wildman–Crippen MR) is 73.3 cm³/mol. The molecule has 0 spiro atoms. The number of nitrogens with zero attached hydrogens (tertiary/aromatic N) is 2. The van der Waals surface area contributed by atoms with E-state index in [1.54, 1.807) is 24.1 Å². The van der Waals surface area contributed by atoms with Gasteiger partial charge in [-0.05, 0) is 6.07 Å². The molecule has 2 rings (SSSR count). The van der Waals surface area contributed by atoms with Gasteiger partial charge < -0.3 is 15.2 Å². The number of rotatable bonds is 4. The van der Waals surface area contributed by atoms with Crippen LogP contribution >= 0.6 is 0 Å². The molecule has 6 nitrogen and oxygen atoms in total. The minimum absolute atomic E-state index is 0.146. The topological polar surface area (TPSA) is 68.4 Å². The molecule has 2 N–H and O–H groups in total. The van der Waals surface area contributed by atoms with Gasteiger partial charge in [-0.1, -0.05) is 6.07 Å². The fourth-order valence-electron chi connectivity index (χ4n) is 2.11. The number of hydrogen-bond donors (Lipinski definition) is 2. The standard InChI is InChI=1S/C13H20N4O2/c1-16(9-10-17-7-5-14-6-8-17)13(19)11-3-2-4-12(18)15-11/h2-4,14H,5-10H2,1H3,(H,15,18). The van der Waals surface area contributed by atoms with Crippen LogP contribution in [0.3, 0.4) is 0 Å². The highest BCUT2D eigenvalue weighted by Crippen LogP contribution is 1.99.